The summed E-state index contributed by atoms with van der Waals surface area (Å²) in [5.74, 6) is 0.0510. The third-order valence-electron chi connectivity index (χ3n) is 2.63. The molecule has 2 aromatic rings. The lowest BCUT2D eigenvalue weighted by Crippen LogP contribution is -2.05. The molecule has 1 aromatic carbocycles. The number of ether oxygens (including phenoxy) is 1. The van der Waals surface area contributed by atoms with E-state index in [0.29, 0.717) is 6.54 Å². The van der Waals surface area contributed by atoms with Crippen LogP contribution in [0, 0.1) is 15.9 Å². The molecule has 0 aliphatic rings. The fraction of sp³-hybridized carbons (Fsp3) is 0.154. The topological polar surface area (TPSA) is 77.3 Å². The van der Waals surface area contributed by atoms with Gasteiger partial charge in [0, 0.05) is 18.7 Å². The molecule has 0 fully saturated rings. The Morgan fingerprint density at radius 1 is 1.30 bits per heavy atom. The van der Waals surface area contributed by atoms with E-state index in [1.54, 1.807) is 12.1 Å². The molecule has 0 saturated heterocycles. The van der Waals surface area contributed by atoms with Gasteiger partial charge in [-0.25, -0.2) is 4.39 Å². The van der Waals surface area contributed by atoms with E-state index < -0.39 is 4.92 Å². The molecule has 104 valence electrons. The minimum absolute atomic E-state index is 0.110. The second-order valence-electron chi connectivity index (χ2n) is 3.96. The van der Waals surface area contributed by atoms with Gasteiger partial charge in [-0.1, -0.05) is 12.1 Å². The molecule has 0 aliphatic carbocycles. The summed E-state index contributed by atoms with van der Waals surface area (Å²) in [6, 6.07) is 8.57. The Bertz CT molecular complexity index is 617. The first-order valence-corrected chi connectivity index (χ1v) is 5.78. The average molecular weight is 277 g/mol. The highest BCUT2D eigenvalue weighted by Crippen LogP contribution is 2.25. The van der Waals surface area contributed by atoms with E-state index in [1.807, 2.05) is 0 Å². The Kier molecular flexibility index (Phi) is 4.09. The number of anilines is 1. The molecule has 0 spiro atoms. The molecule has 6 nitrogen and oxygen atoms in total. The quantitative estimate of drug-likeness (QED) is 0.671. The van der Waals surface area contributed by atoms with E-state index in [-0.39, 0.29) is 23.2 Å². The molecule has 0 unspecified atom stereocenters. The minimum atomic E-state index is -0.528. The molecule has 2 rings (SSSR count). The van der Waals surface area contributed by atoms with Gasteiger partial charge in [0.25, 0.3) is 0 Å². The molecule has 7 heteroatoms. The second-order valence-corrected chi connectivity index (χ2v) is 3.96. The molecule has 1 heterocycles. The van der Waals surface area contributed by atoms with Crippen LogP contribution in [-0.2, 0) is 6.54 Å². The molecule has 1 N–H and O–H groups in total. The first kappa shape index (κ1) is 13.7. The van der Waals surface area contributed by atoms with Crippen molar-refractivity contribution < 1.29 is 14.1 Å². The average Bonchev–Trinajstić information content (AvgIpc) is 2.46. The van der Waals surface area contributed by atoms with Crippen molar-refractivity contribution in [2.75, 3.05) is 12.4 Å². The first-order chi connectivity index (χ1) is 9.60. The Hall–Kier alpha value is -2.70. The zero-order valence-corrected chi connectivity index (χ0v) is 10.7. The summed E-state index contributed by atoms with van der Waals surface area (Å²) in [6.07, 6.45) is 0. The van der Waals surface area contributed by atoms with Crippen LogP contribution in [-0.4, -0.2) is 17.0 Å². The van der Waals surface area contributed by atoms with Gasteiger partial charge in [0.1, 0.15) is 5.82 Å². The molecule has 0 atom stereocenters. The van der Waals surface area contributed by atoms with Crippen molar-refractivity contribution in [3.8, 4) is 5.88 Å². The van der Waals surface area contributed by atoms with Crippen LogP contribution >= 0.6 is 0 Å². The summed E-state index contributed by atoms with van der Waals surface area (Å²) < 4.78 is 17.7. The van der Waals surface area contributed by atoms with Gasteiger partial charge in [0.05, 0.1) is 12.0 Å². The van der Waals surface area contributed by atoms with Gasteiger partial charge in [-0.2, -0.15) is 4.98 Å². The van der Waals surface area contributed by atoms with Crippen LogP contribution in [0.2, 0.25) is 0 Å². The van der Waals surface area contributed by atoms with Crippen molar-refractivity contribution in [3.63, 3.8) is 0 Å². The highest BCUT2D eigenvalue weighted by Gasteiger charge is 2.16. The van der Waals surface area contributed by atoms with E-state index in [1.165, 1.54) is 31.4 Å². The monoisotopic (exact) mass is 277 g/mol. The van der Waals surface area contributed by atoms with Crippen LogP contribution in [0.3, 0.4) is 0 Å². The molecular formula is C13H12FN3O3. The lowest BCUT2D eigenvalue weighted by Gasteiger charge is -2.07. The fourth-order valence-corrected chi connectivity index (χ4v) is 1.61. The zero-order valence-electron chi connectivity index (χ0n) is 10.7. The van der Waals surface area contributed by atoms with Crippen LogP contribution in [0.4, 0.5) is 15.9 Å². The van der Waals surface area contributed by atoms with Crippen LogP contribution in [0.1, 0.15) is 5.56 Å². The summed E-state index contributed by atoms with van der Waals surface area (Å²) in [6.45, 7) is 0.293. The fourth-order valence-electron chi connectivity index (χ4n) is 1.61. The van der Waals surface area contributed by atoms with E-state index in [9.17, 15) is 14.5 Å². The molecule has 0 amide bonds. The third-order valence-corrected chi connectivity index (χ3v) is 2.63. The summed E-state index contributed by atoms with van der Waals surface area (Å²) in [4.78, 5) is 14.4. The maximum Gasteiger partial charge on any atom is 0.311 e. The molecular weight excluding hydrogens is 265 g/mol. The first-order valence-electron chi connectivity index (χ1n) is 5.78. The van der Waals surface area contributed by atoms with Crippen LogP contribution < -0.4 is 10.1 Å². The Labute approximate surface area is 114 Å². The van der Waals surface area contributed by atoms with Crippen LogP contribution in [0.5, 0.6) is 5.88 Å². The van der Waals surface area contributed by atoms with Gasteiger partial charge < -0.3 is 10.1 Å². The number of rotatable bonds is 5. The summed E-state index contributed by atoms with van der Waals surface area (Å²) >= 11 is 0. The van der Waals surface area contributed by atoms with E-state index >= 15 is 0 Å². The van der Waals surface area contributed by atoms with E-state index in [0.717, 1.165) is 5.56 Å². The van der Waals surface area contributed by atoms with Crippen molar-refractivity contribution in [3.05, 3.63) is 57.9 Å². The lowest BCUT2D eigenvalue weighted by molar-refractivity contribution is -0.384. The smallest absolute Gasteiger partial charge is 0.311 e. The third kappa shape index (κ3) is 3.19. The predicted octanol–water partition coefficient (Wildman–Crippen LogP) is 2.75. The number of methoxy groups -OCH3 is 1. The Morgan fingerprint density at radius 2 is 2.00 bits per heavy atom. The molecule has 20 heavy (non-hydrogen) atoms. The van der Waals surface area contributed by atoms with E-state index in [2.05, 4.69) is 10.3 Å². The van der Waals surface area contributed by atoms with Gasteiger partial charge in [-0.05, 0) is 17.7 Å². The number of nitro groups is 1. The standard InChI is InChI=1S/C13H12FN3O3/c1-20-12-7-6-11(17(18)19)13(16-12)15-8-9-2-4-10(14)5-3-9/h2-7H,8H2,1H3,(H,15,16). The number of nitrogens with one attached hydrogen (secondary N) is 1. The SMILES string of the molecule is COc1ccc([N+](=O)[O-])c(NCc2ccc(F)cc2)n1. The largest absolute Gasteiger partial charge is 0.481 e. The normalized spacial score (nSPS) is 10.1. The number of halogens is 1. The molecule has 0 aliphatic heterocycles. The van der Waals surface area contributed by atoms with Gasteiger partial charge in [0.15, 0.2) is 0 Å². The van der Waals surface area contributed by atoms with Gasteiger partial charge in [-0.3, -0.25) is 10.1 Å². The summed E-state index contributed by atoms with van der Waals surface area (Å²) in [5, 5.41) is 13.8. The highest BCUT2D eigenvalue weighted by atomic mass is 19.1. The lowest BCUT2D eigenvalue weighted by atomic mass is 10.2. The number of pyridine rings is 1. The number of hydrogen-bond acceptors (Lipinski definition) is 5. The molecule has 0 bridgehead atoms. The van der Waals surface area contributed by atoms with Gasteiger partial charge >= 0.3 is 5.69 Å². The maximum atomic E-state index is 12.8. The number of benzene rings is 1. The van der Waals surface area contributed by atoms with Crippen molar-refractivity contribution in [2.24, 2.45) is 0 Å². The maximum absolute atomic E-state index is 12.8. The number of aromatic nitrogens is 1. The van der Waals surface area contributed by atoms with Gasteiger partial charge in [0.2, 0.25) is 11.7 Å². The van der Waals surface area contributed by atoms with Crippen molar-refractivity contribution in [1.82, 2.24) is 4.98 Å². The molecule has 0 radical (unpaired) electrons. The van der Waals surface area contributed by atoms with Crippen LogP contribution in [0.15, 0.2) is 36.4 Å². The van der Waals surface area contributed by atoms with Gasteiger partial charge in [-0.15, -0.1) is 0 Å². The Balaban J connectivity index is 2.18. The van der Waals surface area contributed by atoms with Crippen molar-refractivity contribution in [2.45, 2.75) is 6.54 Å². The highest BCUT2D eigenvalue weighted by molar-refractivity contribution is 5.57. The molecule has 1 aromatic heterocycles. The van der Waals surface area contributed by atoms with Crippen LogP contribution in [0.25, 0.3) is 0 Å². The number of nitrogens with zero attached hydrogens (tertiary/aromatic N) is 2. The summed E-state index contributed by atoms with van der Waals surface area (Å²) in [5.41, 5.74) is 0.637. The Morgan fingerprint density at radius 3 is 2.60 bits per heavy atom. The second kappa shape index (κ2) is 5.96. The zero-order chi connectivity index (χ0) is 14.5. The van der Waals surface area contributed by atoms with E-state index in [4.69, 9.17) is 4.74 Å². The predicted molar refractivity (Wildman–Crippen MR) is 71.2 cm³/mol. The van der Waals surface area contributed by atoms with Crippen molar-refractivity contribution in [1.29, 1.82) is 0 Å². The molecule has 0 saturated carbocycles. The van der Waals surface area contributed by atoms with Crippen molar-refractivity contribution >= 4 is 11.5 Å². The minimum Gasteiger partial charge on any atom is -0.481 e. The number of hydrogen-bond donors (Lipinski definition) is 1. The summed E-state index contributed by atoms with van der Waals surface area (Å²) in [7, 11) is 1.43.